The monoisotopic (exact) mass is 111 g/mol. The third-order valence-corrected chi connectivity index (χ3v) is 0. The molecular formula is C4H7Fe-. The summed E-state index contributed by atoms with van der Waals surface area (Å²) in [6, 6.07) is 0. The van der Waals surface area contributed by atoms with Crippen molar-refractivity contribution in [3.63, 3.8) is 0 Å². The molecule has 0 aromatic heterocycles. The van der Waals surface area contributed by atoms with Gasteiger partial charge in [0.15, 0.2) is 0 Å². The first-order valence-corrected chi connectivity index (χ1v) is 1.21. The van der Waals surface area contributed by atoms with Crippen LogP contribution in [-0.2, 0) is 17.1 Å². The van der Waals surface area contributed by atoms with Crippen LogP contribution in [0.15, 0.2) is 12.2 Å². The fourth-order valence-corrected chi connectivity index (χ4v) is 0. The maximum Gasteiger partial charge on any atom is 0 e. The second kappa shape index (κ2) is 4.13. The van der Waals surface area contributed by atoms with Gasteiger partial charge in [0, 0.05) is 17.1 Å². The van der Waals surface area contributed by atoms with Gasteiger partial charge in [-0.05, 0) is 0 Å². The molecule has 5 heavy (non-hydrogen) atoms. The Bertz CT molecular complexity index is 26.6. The molecule has 0 spiro atoms. The molecule has 0 fully saturated rings. The van der Waals surface area contributed by atoms with E-state index in [1.165, 1.54) is 0 Å². The first kappa shape index (κ1) is 8.93. The van der Waals surface area contributed by atoms with Crippen molar-refractivity contribution in [3.8, 4) is 0 Å². The van der Waals surface area contributed by atoms with Gasteiger partial charge in [0.1, 0.15) is 0 Å². The minimum atomic E-state index is 0. The quantitative estimate of drug-likeness (QED) is 0.327. The minimum Gasteiger partial charge on any atom is -0.242 e. The standard InChI is InChI=1S/C4H7.Fe/c1-4(2)3;/h1-2H2,3H3;/q-1;. The Morgan fingerprint density at radius 3 is 1.80 bits per heavy atom. The first-order chi connectivity index (χ1) is 1.73. The predicted molar refractivity (Wildman–Crippen MR) is 20.2 cm³/mol. The van der Waals surface area contributed by atoms with Gasteiger partial charge in [-0.15, -0.1) is 0 Å². The van der Waals surface area contributed by atoms with Crippen molar-refractivity contribution >= 4 is 0 Å². The van der Waals surface area contributed by atoms with Crippen molar-refractivity contribution in [2.45, 2.75) is 6.92 Å². The van der Waals surface area contributed by atoms with E-state index in [1.54, 1.807) is 0 Å². The van der Waals surface area contributed by atoms with Crippen LogP contribution in [0.5, 0.6) is 0 Å². The van der Waals surface area contributed by atoms with Gasteiger partial charge in [0.2, 0.25) is 0 Å². The Morgan fingerprint density at radius 1 is 1.80 bits per heavy atom. The molecule has 0 bridgehead atoms. The zero-order chi connectivity index (χ0) is 3.58. The first-order valence-electron chi connectivity index (χ1n) is 1.21. The van der Waals surface area contributed by atoms with Crippen LogP contribution >= 0.6 is 0 Å². The predicted octanol–water partition coefficient (Wildman–Crippen LogP) is 1.39. The van der Waals surface area contributed by atoms with Crippen molar-refractivity contribution in [1.29, 1.82) is 0 Å². The van der Waals surface area contributed by atoms with E-state index in [4.69, 9.17) is 0 Å². The second-order valence-corrected chi connectivity index (χ2v) is 0.957. The zero-order valence-corrected chi connectivity index (χ0v) is 4.37. The Balaban J connectivity index is 0. The van der Waals surface area contributed by atoms with E-state index in [2.05, 4.69) is 13.5 Å². The molecule has 0 aromatic carbocycles. The Morgan fingerprint density at radius 2 is 1.80 bits per heavy atom. The SMILES string of the molecule is C=C([CH2-])C.[Fe]. The van der Waals surface area contributed by atoms with Gasteiger partial charge < -0.3 is 0 Å². The molecule has 0 radical (unpaired) electrons. The molecule has 0 saturated carbocycles. The van der Waals surface area contributed by atoms with Crippen molar-refractivity contribution in [3.05, 3.63) is 19.1 Å². The molecule has 0 amide bonds. The van der Waals surface area contributed by atoms with Crippen LogP contribution in [0.4, 0.5) is 0 Å². The van der Waals surface area contributed by atoms with Crippen LogP contribution in [0.3, 0.4) is 0 Å². The third-order valence-electron chi connectivity index (χ3n) is 0. The van der Waals surface area contributed by atoms with Crippen LogP contribution in [0.25, 0.3) is 0 Å². The van der Waals surface area contributed by atoms with E-state index in [-0.39, 0.29) is 17.1 Å². The van der Waals surface area contributed by atoms with Gasteiger partial charge in [0.05, 0.1) is 0 Å². The van der Waals surface area contributed by atoms with Gasteiger partial charge in [-0.2, -0.15) is 0 Å². The molecule has 0 rings (SSSR count). The molecule has 0 N–H and O–H groups in total. The molecule has 0 heterocycles. The van der Waals surface area contributed by atoms with Crippen molar-refractivity contribution in [1.82, 2.24) is 0 Å². The van der Waals surface area contributed by atoms with Crippen molar-refractivity contribution in [2.75, 3.05) is 0 Å². The molecule has 0 atom stereocenters. The summed E-state index contributed by atoms with van der Waals surface area (Å²) >= 11 is 0. The largest absolute Gasteiger partial charge is 0.242 e. The summed E-state index contributed by atoms with van der Waals surface area (Å²) in [4.78, 5) is 0. The summed E-state index contributed by atoms with van der Waals surface area (Å²) in [7, 11) is 0. The number of hydrogen-bond donors (Lipinski definition) is 0. The zero-order valence-electron chi connectivity index (χ0n) is 3.27. The molecule has 1 heteroatoms. The fraction of sp³-hybridized carbons (Fsp3) is 0.250. The van der Waals surface area contributed by atoms with Gasteiger partial charge in [0.25, 0.3) is 0 Å². The molecule has 0 aromatic rings. The van der Waals surface area contributed by atoms with Gasteiger partial charge in [-0.25, -0.2) is 19.1 Å². The van der Waals surface area contributed by atoms with Gasteiger partial charge in [-0.1, -0.05) is 6.92 Å². The van der Waals surface area contributed by atoms with Crippen LogP contribution < -0.4 is 0 Å². The minimum absolute atomic E-state index is 0. The topological polar surface area (TPSA) is 0 Å². The molecule has 0 saturated heterocycles. The van der Waals surface area contributed by atoms with Crippen LogP contribution in [-0.4, -0.2) is 0 Å². The molecule has 0 aliphatic rings. The van der Waals surface area contributed by atoms with Crippen molar-refractivity contribution in [2.24, 2.45) is 0 Å². The van der Waals surface area contributed by atoms with Gasteiger partial charge in [-0.3, -0.25) is 0 Å². The summed E-state index contributed by atoms with van der Waals surface area (Å²) in [5.74, 6) is 0. The van der Waals surface area contributed by atoms with Gasteiger partial charge >= 0.3 is 0 Å². The Kier molecular flexibility index (Phi) is 7.38. The maximum atomic E-state index is 3.44. The molecule has 0 aliphatic carbocycles. The van der Waals surface area contributed by atoms with E-state index >= 15 is 0 Å². The summed E-state index contributed by atoms with van der Waals surface area (Å²) in [6.07, 6.45) is 0. The molecule has 0 aliphatic heterocycles. The fourth-order valence-electron chi connectivity index (χ4n) is 0. The summed E-state index contributed by atoms with van der Waals surface area (Å²) in [5.41, 5.74) is 0.917. The van der Waals surface area contributed by atoms with Crippen LogP contribution in [0, 0.1) is 6.92 Å². The third kappa shape index (κ3) is 1120. The normalized spacial score (nSPS) is 5.00. The van der Waals surface area contributed by atoms with Crippen molar-refractivity contribution < 1.29 is 17.1 Å². The van der Waals surface area contributed by atoms with E-state index in [0.29, 0.717) is 0 Å². The summed E-state index contributed by atoms with van der Waals surface area (Å²) in [5, 5.41) is 0. The molecule has 0 unspecified atom stereocenters. The smallest absolute Gasteiger partial charge is 0 e. The molecule has 0 nitrogen and oxygen atoms in total. The molecule has 32 valence electrons. The number of rotatable bonds is 0. The van der Waals surface area contributed by atoms with Crippen LogP contribution in [0.1, 0.15) is 6.92 Å². The molecular weight excluding hydrogens is 104 g/mol. The number of hydrogen-bond acceptors (Lipinski definition) is 0. The van der Waals surface area contributed by atoms with Crippen LogP contribution in [0.2, 0.25) is 0 Å². The van der Waals surface area contributed by atoms with E-state index in [9.17, 15) is 0 Å². The Labute approximate surface area is 43.7 Å². The summed E-state index contributed by atoms with van der Waals surface area (Å²) < 4.78 is 0. The average molecular weight is 111 g/mol. The average Bonchev–Trinajstić information content (AvgIpc) is 0.811. The maximum absolute atomic E-state index is 3.44. The number of allylic oxidation sites excluding steroid dienone is 1. The second-order valence-electron chi connectivity index (χ2n) is 0.957. The Hall–Kier alpha value is 0.129. The van der Waals surface area contributed by atoms with E-state index < -0.39 is 0 Å². The summed E-state index contributed by atoms with van der Waals surface area (Å²) in [6.45, 7) is 8.75. The van der Waals surface area contributed by atoms with E-state index in [1.807, 2.05) is 6.92 Å². The van der Waals surface area contributed by atoms with E-state index in [0.717, 1.165) is 5.57 Å².